The number of aromatic nitrogens is 3. The fourth-order valence-corrected chi connectivity index (χ4v) is 7.13. The molecule has 0 aliphatic heterocycles. The van der Waals surface area contributed by atoms with Crippen molar-refractivity contribution in [1.82, 2.24) is 15.0 Å². The van der Waals surface area contributed by atoms with Gasteiger partial charge < -0.3 is 4.42 Å². The quantitative estimate of drug-likeness (QED) is 0.134. The molecule has 0 aliphatic carbocycles. The molecule has 0 unspecified atom stereocenters. The van der Waals surface area contributed by atoms with Crippen LogP contribution in [0.1, 0.15) is 11.1 Å². The summed E-state index contributed by atoms with van der Waals surface area (Å²) in [6.07, 6.45) is 5.99. The topological polar surface area (TPSA) is 51.8 Å². The monoisotopic (exact) mass is 641 g/mol. The zero-order valence-electron chi connectivity index (χ0n) is 27.5. The molecule has 4 heteroatoms. The summed E-state index contributed by atoms with van der Waals surface area (Å²) >= 11 is 0. The van der Waals surface area contributed by atoms with Gasteiger partial charge in [0.25, 0.3) is 0 Å². The molecule has 0 amide bonds. The fourth-order valence-electron chi connectivity index (χ4n) is 7.13. The first-order valence-electron chi connectivity index (χ1n) is 16.7. The predicted octanol–water partition coefficient (Wildman–Crippen LogP) is 12.3. The maximum Gasteiger partial charge on any atom is 0.164 e. The molecule has 0 saturated carbocycles. The summed E-state index contributed by atoms with van der Waals surface area (Å²) in [4.78, 5) is 15.0. The van der Waals surface area contributed by atoms with Gasteiger partial charge in [-0.05, 0) is 57.3 Å². The highest BCUT2D eigenvalue weighted by molar-refractivity contribution is 6.17. The molecule has 0 radical (unpaired) electrons. The van der Waals surface area contributed by atoms with Crippen molar-refractivity contribution in [2.45, 2.75) is 6.92 Å². The lowest BCUT2D eigenvalue weighted by molar-refractivity contribution is 0.670. The van der Waals surface area contributed by atoms with Crippen LogP contribution >= 0.6 is 0 Å². The van der Waals surface area contributed by atoms with E-state index in [0.29, 0.717) is 17.5 Å². The van der Waals surface area contributed by atoms with E-state index < -0.39 is 0 Å². The summed E-state index contributed by atoms with van der Waals surface area (Å²) in [6.45, 7) is 6.08. The molecule has 0 aliphatic rings. The number of hydrogen-bond acceptors (Lipinski definition) is 4. The van der Waals surface area contributed by atoms with Gasteiger partial charge in [-0.15, -0.1) is 0 Å². The molecule has 2 heterocycles. The zero-order valence-corrected chi connectivity index (χ0v) is 27.5. The van der Waals surface area contributed by atoms with Gasteiger partial charge in [-0.2, -0.15) is 0 Å². The number of benzene rings is 7. The van der Waals surface area contributed by atoms with E-state index >= 15 is 0 Å². The van der Waals surface area contributed by atoms with Gasteiger partial charge in [0, 0.05) is 33.0 Å². The second kappa shape index (κ2) is 12.1. The number of allylic oxidation sites excluding steroid dienone is 2. The van der Waals surface area contributed by atoms with Crippen LogP contribution in [0.15, 0.2) is 163 Å². The number of para-hydroxylation sites is 1. The predicted molar refractivity (Wildman–Crippen MR) is 208 cm³/mol. The van der Waals surface area contributed by atoms with E-state index in [-0.39, 0.29) is 0 Å². The van der Waals surface area contributed by atoms with Crippen molar-refractivity contribution in [3.8, 4) is 45.3 Å². The van der Waals surface area contributed by atoms with Gasteiger partial charge in [0.2, 0.25) is 0 Å². The number of fused-ring (bicyclic) bond motifs is 6. The lowest BCUT2D eigenvalue weighted by Gasteiger charge is -2.14. The Morgan fingerprint density at radius 2 is 1.14 bits per heavy atom. The van der Waals surface area contributed by atoms with Gasteiger partial charge in [0.1, 0.15) is 11.2 Å². The highest BCUT2D eigenvalue weighted by Crippen LogP contribution is 2.42. The minimum Gasteiger partial charge on any atom is -0.455 e. The number of furan rings is 1. The summed E-state index contributed by atoms with van der Waals surface area (Å²) in [5, 5.41) is 6.88. The van der Waals surface area contributed by atoms with Gasteiger partial charge in [-0.1, -0.05) is 152 Å². The van der Waals surface area contributed by atoms with Gasteiger partial charge >= 0.3 is 0 Å². The minimum absolute atomic E-state index is 0.602. The van der Waals surface area contributed by atoms with Crippen molar-refractivity contribution in [2.75, 3.05) is 0 Å². The second-order valence-corrected chi connectivity index (χ2v) is 12.4. The highest BCUT2D eigenvalue weighted by Gasteiger charge is 2.20. The van der Waals surface area contributed by atoms with Gasteiger partial charge in [-0.3, -0.25) is 0 Å². The summed E-state index contributed by atoms with van der Waals surface area (Å²) in [5.74, 6) is 1.86. The number of nitrogens with zero attached hydrogens (tertiary/aromatic N) is 3. The molecule has 7 aromatic carbocycles. The van der Waals surface area contributed by atoms with E-state index in [1.54, 1.807) is 0 Å². The third-order valence-corrected chi connectivity index (χ3v) is 9.51. The molecule has 9 aromatic rings. The van der Waals surface area contributed by atoms with E-state index in [0.717, 1.165) is 49.8 Å². The first kappa shape index (κ1) is 29.5. The molecular formula is C46H31N3O. The third-order valence-electron chi connectivity index (χ3n) is 9.51. The largest absolute Gasteiger partial charge is 0.455 e. The first-order valence-corrected chi connectivity index (χ1v) is 16.7. The molecule has 0 atom stereocenters. The van der Waals surface area contributed by atoms with Crippen LogP contribution < -0.4 is 0 Å². The van der Waals surface area contributed by atoms with Crippen molar-refractivity contribution in [2.24, 2.45) is 0 Å². The molecule has 0 N–H and O–H groups in total. The summed E-state index contributed by atoms with van der Waals surface area (Å²) in [7, 11) is 0. The standard InChI is InChI=1S/C46H31N3O/c1-3-4-19-33-29(2)34-27-26-32(28-40(34)37-21-12-11-20-36(33)37)35-22-13-23-38-42-39(24-14-25-41(42)50-43(35)38)46-48-44(30-15-7-5-8-16-30)47-45(49-46)31-17-9-6-10-18-31/h3-28H,1H2,2H3/b19-4-. The van der Waals surface area contributed by atoms with Crippen LogP contribution in [-0.4, -0.2) is 15.0 Å². The molecule has 9 rings (SSSR count). The second-order valence-electron chi connectivity index (χ2n) is 12.4. The Balaban J connectivity index is 1.25. The molecule has 0 bridgehead atoms. The average Bonchev–Trinajstić information content (AvgIpc) is 3.57. The summed E-state index contributed by atoms with van der Waals surface area (Å²) in [5.41, 5.74) is 8.99. The molecular weight excluding hydrogens is 611 g/mol. The van der Waals surface area contributed by atoms with Crippen LogP contribution in [0, 0.1) is 6.92 Å². The molecule has 0 fully saturated rings. The Kier molecular flexibility index (Phi) is 7.14. The molecule has 0 saturated heterocycles. The van der Waals surface area contributed by atoms with Crippen molar-refractivity contribution in [1.29, 1.82) is 0 Å². The summed E-state index contributed by atoms with van der Waals surface area (Å²) in [6, 6.07) is 48.0. The minimum atomic E-state index is 0.602. The Hall–Kier alpha value is -6.65. The SMILES string of the molecule is C=C/C=C\c1c(C)c2ccc(-c3cccc4c3oc3cccc(-c5nc(-c6ccccc6)nc(-c6ccccc6)n5)c34)cc2c2ccccc12. The number of aryl methyl sites for hydroxylation is 1. The molecule has 2 aromatic heterocycles. The molecule has 236 valence electrons. The van der Waals surface area contributed by atoms with Gasteiger partial charge in [0.15, 0.2) is 17.5 Å². The zero-order chi connectivity index (χ0) is 33.6. The lowest BCUT2D eigenvalue weighted by atomic mass is 9.90. The van der Waals surface area contributed by atoms with Crippen LogP contribution in [0.5, 0.6) is 0 Å². The fraction of sp³-hybridized carbons (Fsp3) is 0.0217. The Morgan fingerprint density at radius 1 is 0.520 bits per heavy atom. The maximum absolute atomic E-state index is 6.73. The Labute approximate surface area is 289 Å². The Morgan fingerprint density at radius 3 is 1.86 bits per heavy atom. The first-order chi connectivity index (χ1) is 24.7. The number of hydrogen-bond donors (Lipinski definition) is 0. The van der Waals surface area contributed by atoms with Crippen molar-refractivity contribution in [3.05, 3.63) is 169 Å². The van der Waals surface area contributed by atoms with Crippen molar-refractivity contribution >= 4 is 49.6 Å². The summed E-state index contributed by atoms with van der Waals surface area (Å²) < 4.78 is 6.73. The Bertz CT molecular complexity index is 2720. The normalized spacial score (nSPS) is 11.7. The average molecular weight is 642 g/mol. The maximum atomic E-state index is 6.73. The van der Waals surface area contributed by atoms with E-state index in [1.165, 1.54) is 32.7 Å². The van der Waals surface area contributed by atoms with Gasteiger partial charge in [-0.25, -0.2) is 15.0 Å². The van der Waals surface area contributed by atoms with E-state index in [1.807, 2.05) is 84.9 Å². The van der Waals surface area contributed by atoms with Crippen LogP contribution in [0.25, 0.3) is 94.8 Å². The lowest BCUT2D eigenvalue weighted by Crippen LogP contribution is -2.00. The molecule has 4 nitrogen and oxygen atoms in total. The van der Waals surface area contributed by atoms with E-state index in [9.17, 15) is 0 Å². The van der Waals surface area contributed by atoms with Crippen LogP contribution in [0.2, 0.25) is 0 Å². The highest BCUT2D eigenvalue weighted by atomic mass is 16.3. The van der Waals surface area contributed by atoms with Crippen LogP contribution in [-0.2, 0) is 0 Å². The van der Waals surface area contributed by atoms with Gasteiger partial charge in [0.05, 0.1) is 0 Å². The van der Waals surface area contributed by atoms with Crippen molar-refractivity contribution in [3.63, 3.8) is 0 Å². The van der Waals surface area contributed by atoms with E-state index in [4.69, 9.17) is 19.4 Å². The smallest absolute Gasteiger partial charge is 0.164 e. The van der Waals surface area contributed by atoms with E-state index in [2.05, 4.69) is 86.3 Å². The molecule has 50 heavy (non-hydrogen) atoms. The third kappa shape index (κ3) is 4.89. The van der Waals surface area contributed by atoms with Crippen LogP contribution in [0.3, 0.4) is 0 Å². The van der Waals surface area contributed by atoms with Crippen molar-refractivity contribution < 1.29 is 4.42 Å². The molecule has 0 spiro atoms. The number of rotatable bonds is 6. The van der Waals surface area contributed by atoms with Crippen LogP contribution in [0.4, 0.5) is 0 Å².